The maximum absolute atomic E-state index is 12.9. The molecule has 24 heavy (non-hydrogen) atoms. The summed E-state index contributed by atoms with van der Waals surface area (Å²) in [6.07, 6.45) is 1.95. The first-order valence-corrected chi connectivity index (χ1v) is 7.49. The van der Waals surface area contributed by atoms with Gasteiger partial charge in [0.25, 0.3) is 5.91 Å². The number of rotatable bonds is 4. The van der Waals surface area contributed by atoms with Gasteiger partial charge in [-0.15, -0.1) is 0 Å². The van der Waals surface area contributed by atoms with E-state index >= 15 is 0 Å². The van der Waals surface area contributed by atoms with Crippen LogP contribution in [0.5, 0.6) is 0 Å². The van der Waals surface area contributed by atoms with Crippen molar-refractivity contribution in [2.45, 2.75) is 19.0 Å². The second-order valence-corrected chi connectivity index (χ2v) is 5.61. The van der Waals surface area contributed by atoms with Crippen LogP contribution in [0.3, 0.4) is 0 Å². The fraction of sp³-hybridized carbons (Fsp3) is 0.235. The van der Waals surface area contributed by atoms with E-state index in [1.54, 1.807) is 17.0 Å². The van der Waals surface area contributed by atoms with Gasteiger partial charge in [0, 0.05) is 19.3 Å². The zero-order valence-electron chi connectivity index (χ0n) is 12.8. The molecule has 3 rings (SSSR count). The molecule has 1 atom stereocenters. The second-order valence-electron chi connectivity index (χ2n) is 5.61. The van der Waals surface area contributed by atoms with Crippen molar-refractivity contribution in [2.75, 3.05) is 6.54 Å². The molecule has 1 aromatic carbocycles. The van der Waals surface area contributed by atoms with Crippen LogP contribution in [0.25, 0.3) is 0 Å². The molecule has 0 saturated carbocycles. The van der Waals surface area contributed by atoms with E-state index in [1.807, 2.05) is 6.07 Å². The lowest BCUT2D eigenvalue weighted by Gasteiger charge is -2.17. The monoisotopic (exact) mass is 326 g/mol. The van der Waals surface area contributed by atoms with E-state index in [9.17, 15) is 14.0 Å². The number of carbonyl (C=O) groups excluding carboxylic acids is 2. The average Bonchev–Trinajstić information content (AvgIpc) is 3.19. The van der Waals surface area contributed by atoms with Gasteiger partial charge >= 0.3 is 0 Å². The van der Waals surface area contributed by atoms with E-state index in [0.29, 0.717) is 25.1 Å². The van der Waals surface area contributed by atoms with Gasteiger partial charge in [-0.1, -0.05) is 12.1 Å². The van der Waals surface area contributed by atoms with E-state index in [4.69, 9.17) is 5.26 Å². The van der Waals surface area contributed by atoms with Crippen LogP contribution in [0.15, 0.2) is 36.5 Å². The Bertz CT molecular complexity index is 807. The molecule has 1 unspecified atom stereocenters. The van der Waals surface area contributed by atoms with E-state index in [2.05, 4.69) is 10.3 Å². The number of hydrogen-bond donors (Lipinski definition) is 2. The summed E-state index contributed by atoms with van der Waals surface area (Å²) >= 11 is 0. The van der Waals surface area contributed by atoms with Gasteiger partial charge in [0.15, 0.2) is 0 Å². The lowest BCUT2D eigenvalue weighted by atomic mass is 10.2. The fourth-order valence-electron chi connectivity index (χ4n) is 2.67. The van der Waals surface area contributed by atoms with Gasteiger partial charge in [-0.25, -0.2) is 4.39 Å². The van der Waals surface area contributed by atoms with Gasteiger partial charge in [0.05, 0.1) is 5.56 Å². The molecule has 0 bridgehead atoms. The van der Waals surface area contributed by atoms with E-state index in [1.165, 1.54) is 24.4 Å². The van der Waals surface area contributed by atoms with Crippen LogP contribution in [0.1, 0.15) is 28.0 Å². The maximum Gasteiger partial charge on any atom is 0.268 e. The normalized spacial score (nSPS) is 16.9. The Morgan fingerprint density at radius 2 is 2.17 bits per heavy atom. The molecule has 1 aliphatic rings. The Balaban J connectivity index is 1.60. The van der Waals surface area contributed by atoms with Gasteiger partial charge in [-0.05, 0) is 30.2 Å². The zero-order valence-corrected chi connectivity index (χ0v) is 12.8. The number of nitrogens with one attached hydrogen (secondary N) is 2. The summed E-state index contributed by atoms with van der Waals surface area (Å²) in [6, 6.07) is 8.75. The number of amides is 2. The maximum atomic E-state index is 12.9. The molecule has 1 aromatic heterocycles. The number of likely N-dealkylation sites (tertiary alicyclic amines) is 1. The number of aromatic nitrogens is 1. The summed E-state index contributed by atoms with van der Waals surface area (Å²) in [5.74, 6) is -0.905. The number of aromatic amines is 1. The highest BCUT2D eigenvalue weighted by Crippen LogP contribution is 2.16. The topological polar surface area (TPSA) is 89.0 Å². The predicted octanol–water partition coefficient (Wildman–Crippen LogP) is 1.56. The first-order valence-electron chi connectivity index (χ1n) is 7.49. The summed E-state index contributed by atoms with van der Waals surface area (Å²) in [5, 5.41) is 11.4. The lowest BCUT2D eigenvalue weighted by molar-refractivity contribution is -0.129. The summed E-state index contributed by atoms with van der Waals surface area (Å²) in [7, 11) is 0. The molecule has 6 nitrogen and oxygen atoms in total. The van der Waals surface area contributed by atoms with Gasteiger partial charge in [0.2, 0.25) is 5.91 Å². The molecule has 2 heterocycles. The number of nitriles is 1. The number of hydrogen-bond acceptors (Lipinski definition) is 3. The third kappa shape index (κ3) is 3.27. The quantitative estimate of drug-likeness (QED) is 0.893. The number of H-pyrrole nitrogens is 1. The van der Waals surface area contributed by atoms with Crippen LogP contribution >= 0.6 is 0 Å². The standard InChI is InChI=1S/C17H15FN4O2/c18-13-3-1-11(2-4-13)10-22-6-5-14(17(22)24)21-16(23)15-7-12(8-19)9-20-15/h1-4,7,9,14,20H,5-6,10H2,(H,21,23). The first-order chi connectivity index (χ1) is 11.6. The first kappa shape index (κ1) is 15.7. The van der Waals surface area contributed by atoms with Crippen molar-refractivity contribution in [2.24, 2.45) is 0 Å². The van der Waals surface area contributed by atoms with Gasteiger partial charge < -0.3 is 15.2 Å². The smallest absolute Gasteiger partial charge is 0.268 e. The van der Waals surface area contributed by atoms with Crippen molar-refractivity contribution in [3.05, 3.63) is 59.2 Å². The molecule has 2 amide bonds. The Morgan fingerprint density at radius 1 is 1.42 bits per heavy atom. The fourth-order valence-corrected chi connectivity index (χ4v) is 2.67. The zero-order chi connectivity index (χ0) is 17.1. The molecule has 1 fully saturated rings. The molecule has 1 saturated heterocycles. The molecule has 2 N–H and O–H groups in total. The summed E-state index contributed by atoms with van der Waals surface area (Å²) in [5.41, 5.74) is 1.44. The highest BCUT2D eigenvalue weighted by Gasteiger charge is 2.33. The van der Waals surface area contributed by atoms with Crippen molar-refractivity contribution >= 4 is 11.8 Å². The SMILES string of the molecule is N#Cc1c[nH]c(C(=O)NC2CCN(Cc3ccc(F)cc3)C2=O)c1. The molecule has 0 aliphatic carbocycles. The molecule has 7 heteroatoms. The van der Waals surface area contributed by atoms with Gasteiger partial charge in [-0.2, -0.15) is 5.26 Å². The highest BCUT2D eigenvalue weighted by molar-refractivity contribution is 5.97. The van der Waals surface area contributed by atoms with Crippen LogP contribution in [-0.2, 0) is 11.3 Å². The van der Waals surface area contributed by atoms with Crippen LogP contribution in [-0.4, -0.2) is 34.3 Å². The summed E-state index contributed by atoms with van der Waals surface area (Å²) < 4.78 is 12.9. The van der Waals surface area contributed by atoms with Crippen molar-refractivity contribution in [3.8, 4) is 6.07 Å². The molecule has 1 aliphatic heterocycles. The average molecular weight is 326 g/mol. The van der Waals surface area contributed by atoms with Crippen LogP contribution < -0.4 is 5.32 Å². The second kappa shape index (κ2) is 6.54. The minimum Gasteiger partial charge on any atom is -0.356 e. The van der Waals surface area contributed by atoms with Crippen LogP contribution in [0.2, 0.25) is 0 Å². The van der Waals surface area contributed by atoms with Gasteiger partial charge in [0.1, 0.15) is 23.6 Å². The van der Waals surface area contributed by atoms with Crippen molar-refractivity contribution in [1.82, 2.24) is 15.2 Å². The minimum atomic E-state index is -0.591. The molecule has 0 radical (unpaired) electrons. The molecular formula is C17H15FN4O2. The highest BCUT2D eigenvalue weighted by atomic mass is 19.1. The van der Waals surface area contributed by atoms with Crippen molar-refractivity contribution in [1.29, 1.82) is 5.26 Å². The lowest BCUT2D eigenvalue weighted by Crippen LogP contribution is -2.41. The Hall–Kier alpha value is -3.14. The summed E-state index contributed by atoms with van der Waals surface area (Å²) in [6.45, 7) is 0.905. The minimum absolute atomic E-state index is 0.167. The predicted molar refractivity (Wildman–Crippen MR) is 83.2 cm³/mol. The third-order valence-corrected chi connectivity index (χ3v) is 3.95. The molecular weight excluding hydrogens is 311 g/mol. The van der Waals surface area contributed by atoms with Crippen LogP contribution in [0.4, 0.5) is 4.39 Å². The third-order valence-electron chi connectivity index (χ3n) is 3.95. The molecule has 122 valence electrons. The summed E-state index contributed by atoms with van der Waals surface area (Å²) in [4.78, 5) is 28.8. The molecule has 2 aromatic rings. The van der Waals surface area contributed by atoms with E-state index in [-0.39, 0.29) is 17.4 Å². The van der Waals surface area contributed by atoms with Crippen molar-refractivity contribution < 1.29 is 14.0 Å². The number of halogens is 1. The Labute approximate surface area is 137 Å². The van der Waals surface area contributed by atoms with E-state index in [0.717, 1.165) is 5.56 Å². The largest absolute Gasteiger partial charge is 0.356 e. The van der Waals surface area contributed by atoms with Crippen molar-refractivity contribution in [3.63, 3.8) is 0 Å². The number of carbonyl (C=O) groups is 2. The Kier molecular flexibility index (Phi) is 4.29. The Morgan fingerprint density at radius 3 is 2.83 bits per heavy atom. The number of benzene rings is 1. The van der Waals surface area contributed by atoms with Gasteiger partial charge in [-0.3, -0.25) is 9.59 Å². The van der Waals surface area contributed by atoms with Crippen LogP contribution in [0, 0.1) is 17.1 Å². The molecule has 0 spiro atoms. The number of nitrogens with zero attached hydrogens (tertiary/aromatic N) is 2. The van der Waals surface area contributed by atoms with E-state index < -0.39 is 11.9 Å².